The van der Waals surface area contributed by atoms with Gasteiger partial charge in [-0.1, -0.05) is 23.7 Å². The number of hydrogen-bond acceptors (Lipinski definition) is 7. The van der Waals surface area contributed by atoms with E-state index in [0.29, 0.717) is 11.5 Å². The molecule has 0 fully saturated rings. The molecule has 30 heavy (non-hydrogen) atoms. The molecule has 0 aromatic heterocycles. The standard InChI is InChI=1S/C20H17ClN2O7/c1-28-15-8-16(29-2)14(7-13(15)21)22-17(24)10-30-18(25)9-23-19(26)11-5-3-4-6-12(11)20(23)27/h3-8H,9-10H2,1-2H3,(H,22,24). The van der Waals surface area contributed by atoms with Gasteiger partial charge in [-0.2, -0.15) is 0 Å². The minimum atomic E-state index is -0.903. The molecular formula is C20H17ClN2O7. The second-order valence-corrected chi connectivity index (χ2v) is 6.55. The molecule has 0 bridgehead atoms. The number of rotatable bonds is 7. The van der Waals surface area contributed by atoms with Gasteiger partial charge in [-0.05, 0) is 18.2 Å². The van der Waals surface area contributed by atoms with Gasteiger partial charge in [-0.15, -0.1) is 0 Å². The second kappa shape index (κ2) is 8.83. The summed E-state index contributed by atoms with van der Waals surface area (Å²) in [6, 6.07) is 9.17. The maximum atomic E-state index is 12.3. The Bertz CT molecular complexity index is 1000. The Balaban J connectivity index is 1.57. The molecular weight excluding hydrogens is 416 g/mol. The highest BCUT2D eigenvalue weighted by Gasteiger charge is 2.36. The van der Waals surface area contributed by atoms with E-state index in [-0.39, 0.29) is 21.8 Å². The quantitative estimate of drug-likeness (QED) is 0.527. The molecule has 2 aromatic carbocycles. The van der Waals surface area contributed by atoms with Gasteiger partial charge < -0.3 is 19.5 Å². The van der Waals surface area contributed by atoms with Crippen molar-refractivity contribution in [3.05, 3.63) is 52.5 Å². The summed E-state index contributed by atoms with van der Waals surface area (Å²) >= 11 is 6.04. The molecule has 0 radical (unpaired) electrons. The lowest BCUT2D eigenvalue weighted by Gasteiger charge is -2.14. The summed E-state index contributed by atoms with van der Waals surface area (Å²) in [5, 5.41) is 2.75. The van der Waals surface area contributed by atoms with Crippen molar-refractivity contribution in [2.75, 3.05) is 32.7 Å². The van der Waals surface area contributed by atoms with Crippen LogP contribution in [-0.2, 0) is 14.3 Å². The Kier molecular flexibility index (Phi) is 6.22. The maximum absolute atomic E-state index is 12.3. The first-order chi connectivity index (χ1) is 14.3. The number of anilines is 1. The summed E-state index contributed by atoms with van der Waals surface area (Å²) < 4.78 is 15.1. The highest BCUT2D eigenvalue weighted by atomic mass is 35.5. The Morgan fingerprint density at radius 3 is 2.17 bits per heavy atom. The van der Waals surface area contributed by atoms with Crippen molar-refractivity contribution in [1.82, 2.24) is 4.90 Å². The molecule has 156 valence electrons. The van der Waals surface area contributed by atoms with E-state index in [0.717, 1.165) is 4.90 Å². The van der Waals surface area contributed by atoms with Crippen LogP contribution in [0.2, 0.25) is 5.02 Å². The fraction of sp³-hybridized carbons (Fsp3) is 0.200. The Hall–Kier alpha value is -3.59. The zero-order chi connectivity index (χ0) is 21.8. The number of imide groups is 1. The van der Waals surface area contributed by atoms with Crippen LogP contribution in [-0.4, -0.2) is 56.0 Å². The third kappa shape index (κ3) is 4.20. The molecule has 3 amide bonds. The summed E-state index contributed by atoms with van der Waals surface area (Å²) in [6.45, 7) is -1.23. The van der Waals surface area contributed by atoms with Crippen LogP contribution in [0.25, 0.3) is 0 Å². The van der Waals surface area contributed by atoms with Gasteiger partial charge in [-0.3, -0.25) is 24.1 Å². The van der Waals surface area contributed by atoms with Crippen LogP contribution < -0.4 is 14.8 Å². The second-order valence-electron chi connectivity index (χ2n) is 6.14. The number of carbonyl (C=O) groups excluding carboxylic acids is 4. The van der Waals surface area contributed by atoms with Crippen molar-refractivity contribution >= 4 is 41.0 Å². The number of methoxy groups -OCH3 is 2. The highest BCUT2D eigenvalue weighted by Crippen LogP contribution is 2.35. The molecule has 0 spiro atoms. The normalized spacial score (nSPS) is 12.4. The Labute approximate surface area is 176 Å². The van der Waals surface area contributed by atoms with Crippen molar-refractivity contribution < 1.29 is 33.4 Å². The van der Waals surface area contributed by atoms with E-state index in [9.17, 15) is 19.2 Å². The fourth-order valence-corrected chi connectivity index (χ4v) is 3.09. The molecule has 0 aliphatic carbocycles. The van der Waals surface area contributed by atoms with E-state index in [4.69, 9.17) is 25.8 Å². The van der Waals surface area contributed by atoms with Gasteiger partial charge in [0, 0.05) is 6.07 Å². The molecule has 10 heteroatoms. The average Bonchev–Trinajstić information content (AvgIpc) is 2.97. The molecule has 1 heterocycles. The number of hydrogen-bond donors (Lipinski definition) is 1. The first-order valence-electron chi connectivity index (χ1n) is 8.68. The topological polar surface area (TPSA) is 111 Å². The minimum Gasteiger partial charge on any atom is -0.495 e. The van der Waals surface area contributed by atoms with E-state index in [2.05, 4.69) is 5.32 Å². The summed E-state index contributed by atoms with van der Waals surface area (Å²) in [7, 11) is 2.84. The number of nitrogens with zero attached hydrogens (tertiary/aromatic N) is 1. The predicted molar refractivity (Wildman–Crippen MR) is 106 cm³/mol. The number of esters is 1. The number of fused-ring (bicyclic) bond motifs is 1. The summed E-state index contributed by atoms with van der Waals surface area (Å²) in [6.07, 6.45) is 0. The van der Waals surface area contributed by atoms with E-state index in [1.807, 2.05) is 0 Å². The lowest BCUT2D eigenvalue weighted by molar-refractivity contribution is -0.147. The lowest BCUT2D eigenvalue weighted by Crippen LogP contribution is -2.36. The van der Waals surface area contributed by atoms with Crippen LogP contribution in [0.15, 0.2) is 36.4 Å². The van der Waals surface area contributed by atoms with Gasteiger partial charge in [0.15, 0.2) is 6.61 Å². The zero-order valence-corrected chi connectivity index (χ0v) is 16.8. The molecule has 1 aliphatic heterocycles. The molecule has 0 saturated heterocycles. The van der Waals surface area contributed by atoms with Crippen LogP contribution in [0.4, 0.5) is 5.69 Å². The van der Waals surface area contributed by atoms with Gasteiger partial charge in [0.1, 0.15) is 18.0 Å². The maximum Gasteiger partial charge on any atom is 0.326 e. The van der Waals surface area contributed by atoms with Crippen LogP contribution in [0, 0.1) is 0 Å². The first-order valence-corrected chi connectivity index (χ1v) is 9.05. The Morgan fingerprint density at radius 2 is 1.60 bits per heavy atom. The zero-order valence-electron chi connectivity index (χ0n) is 16.1. The molecule has 0 unspecified atom stereocenters. The SMILES string of the molecule is COc1cc(OC)c(NC(=O)COC(=O)CN2C(=O)c3ccccc3C2=O)cc1Cl. The third-order valence-corrected chi connectivity index (χ3v) is 4.57. The van der Waals surface area contributed by atoms with Crippen LogP contribution in [0.3, 0.4) is 0 Å². The number of carbonyl (C=O) groups is 4. The van der Waals surface area contributed by atoms with E-state index in [1.165, 1.54) is 38.5 Å². The first kappa shape index (κ1) is 21.1. The highest BCUT2D eigenvalue weighted by molar-refractivity contribution is 6.32. The molecule has 2 aromatic rings. The van der Waals surface area contributed by atoms with Crippen molar-refractivity contribution in [2.24, 2.45) is 0 Å². The summed E-state index contributed by atoms with van der Waals surface area (Å²) in [5.41, 5.74) is 0.692. The van der Waals surface area contributed by atoms with Crippen molar-refractivity contribution in [2.45, 2.75) is 0 Å². The number of amides is 3. The molecule has 1 aliphatic rings. The minimum absolute atomic E-state index is 0.219. The monoisotopic (exact) mass is 432 g/mol. The van der Waals surface area contributed by atoms with Gasteiger partial charge in [0.2, 0.25) is 0 Å². The molecule has 3 rings (SSSR count). The van der Waals surface area contributed by atoms with Crippen LogP contribution in [0.5, 0.6) is 11.5 Å². The number of halogens is 1. The molecule has 9 nitrogen and oxygen atoms in total. The lowest BCUT2D eigenvalue weighted by atomic mass is 10.1. The Morgan fingerprint density at radius 1 is 1.00 bits per heavy atom. The summed E-state index contributed by atoms with van der Waals surface area (Å²) in [4.78, 5) is 49.5. The van der Waals surface area contributed by atoms with E-state index < -0.39 is 36.8 Å². The van der Waals surface area contributed by atoms with Crippen molar-refractivity contribution in [1.29, 1.82) is 0 Å². The van der Waals surface area contributed by atoms with Crippen LogP contribution in [0.1, 0.15) is 20.7 Å². The van der Waals surface area contributed by atoms with Gasteiger partial charge >= 0.3 is 5.97 Å². The van der Waals surface area contributed by atoms with E-state index >= 15 is 0 Å². The number of nitrogens with one attached hydrogen (secondary N) is 1. The molecule has 0 atom stereocenters. The van der Waals surface area contributed by atoms with Gasteiger partial charge in [0.25, 0.3) is 17.7 Å². The number of ether oxygens (including phenoxy) is 3. The van der Waals surface area contributed by atoms with Gasteiger partial charge in [0.05, 0.1) is 36.1 Å². The predicted octanol–water partition coefficient (Wildman–Crippen LogP) is 2.14. The summed E-state index contributed by atoms with van der Waals surface area (Å²) in [5.74, 6) is -2.09. The molecule has 0 saturated carbocycles. The third-order valence-electron chi connectivity index (χ3n) is 4.28. The largest absolute Gasteiger partial charge is 0.495 e. The van der Waals surface area contributed by atoms with E-state index in [1.54, 1.807) is 12.1 Å². The van der Waals surface area contributed by atoms with Crippen molar-refractivity contribution in [3.63, 3.8) is 0 Å². The number of benzene rings is 2. The van der Waals surface area contributed by atoms with Crippen molar-refractivity contribution in [3.8, 4) is 11.5 Å². The van der Waals surface area contributed by atoms with Crippen LogP contribution >= 0.6 is 11.6 Å². The fourth-order valence-electron chi connectivity index (χ4n) is 2.85. The average molecular weight is 433 g/mol. The van der Waals surface area contributed by atoms with Gasteiger partial charge in [-0.25, -0.2) is 0 Å². The molecule has 1 N–H and O–H groups in total. The smallest absolute Gasteiger partial charge is 0.326 e.